The van der Waals surface area contributed by atoms with Crippen molar-refractivity contribution in [3.63, 3.8) is 0 Å². The van der Waals surface area contributed by atoms with Crippen molar-refractivity contribution in [3.05, 3.63) is 39.6 Å². The van der Waals surface area contributed by atoms with Crippen LogP contribution in [0.2, 0.25) is 0 Å². The highest BCUT2D eigenvalue weighted by atomic mass is 127. The minimum Gasteiger partial charge on any atom is -0.304 e. The van der Waals surface area contributed by atoms with E-state index in [1.807, 2.05) is 30.1 Å². The van der Waals surface area contributed by atoms with Crippen molar-refractivity contribution < 1.29 is 0 Å². The van der Waals surface area contributed by atoms with E-state index in [9.17, 15) is 0 Å². The van der Waals surface area contributed by atoms with E-state index >= 15 is 0 Å². The molecule has 0 fully saturated rings. The van der Waals surface area contributed by atoms with Gasteiger partial charge in [0.25, 0.3) is 0 Å². The van der Waals surface area contributed by atoms with Crippen LogP contribution in [0.15, 0.2) is 24.5 Å². The average molecular weight is 369 g/mol. The molecule has 0 saturated heterocycles. The van der Waals surface area contributed by atoms with Gasteiger partial charge in [-0.15, -0.1) is 10.2 Å². The normalized spacial score (nSPS) is 11.3. The van der Waals surface area contributed by atoms with Crippen molar-refractivity contribution in [2.75, 3.05) is 0 Å². The van der Waals surface area contributed by atoms with Crippen molar-refractivity contribution in [3.8, 4) is 0 Å². The Morgan fingerprint density at radius 2 is 2.21 bits per heavy atom. The van der Waals surface area contributed by atoms with Gasteiger partial charge in [-0.1, -0.05) is 0 Å². The van der Waals surface area contributed by atoms with E-state index < -0.39 is 0 Å². The van der Waals surface area contributed by atoms with Crippen LogP contribution in [0.3, 0.4) is 0 Å². The van der Waals surface area contributed by atoms with Crippen molar-refractivity contribution >= 4 is 28.2 Å². The van der Waals surface area contributed by atoms with Gasteiger partial charge >= 0.3 is 0 Å². The molecule has 0 aliphatic carbocycles. The zero-order valence-corrected chi connectivity index (χ0v) is 12.4. The van der Waals surface area contributed by atoms with Gasteiger partial charge in [-0.05, 0) is 34.7 Å². The second kappa shape index (κ2) is 5.21. The summed E-state index contributed by atoms with van der Waals surface area (Å²) in [5.74, 6) is 0.793. The molecule has 3 heterocycles. The van der Waals surface area contributed by atoms with E-state index in [0.717, 1.165) is 20.7 Å². The summed E-state index contributed by atoms with van der Waals surface area (Å²) in [4.78, 5) is 0. The summed E-state index contributed by atoms with van der Waals surface area (Å²) in [5, 5.41) is 20.1. The molecule has 1 N–H and O–H groups in total. The number of nitrogens with one attached hydrogen (secondary N) is 1. The number of fused-ring (bicyclic) bond motifs is 1. The molecule has 0 aromatic carbocycles. The Kier molecular flexibility index (Phi) is 3.42. The number of hydrogen-bond donors (Lipinski definition) is 1. The third kappa shape index (κ3) is 2.59. The van der Waals surface area contributed by atoms with E-state index in [2.05, 4.69) is 48.3 Å². The Morgan fingerprint density at radius 1 is 1.32 bits per heavy atom. The molecule has 98 valence electrons. The fraction of sp³-hybridized carbons (Fsp3) is 0.273. The Labute approximate surface area is 123 Å². The Bertz CT molecular complexity index is 702. The van der Waals surface area contributed by atoms with Crippen LogP contribution in [0.1, 0.15) is 11.5 Å². The number of rotatable bonds is 4. The maximum absolute atomic E-state index is 4.38. The summed E-state index contributed by atoms with van der Waals surface area (Å²) in [6.45, 7) is 1.30. The molecule has 0 radical (unpaired) electrons. The van der Waals surface area contributed by atoms with Gasteiger partial charge in [0, 0.05) is 26.0 Å². The summed E-state index contributed by atoms with van der Waals surface area (Å²) in [7, 11) is 1.92. The molecule has 3 aromatic rings. The summed E-state index contributed by atoms with van der Waals surface area (Å²) in [6, 6.07) is 3.72. The molecule has 7 nitrogen and oxygen atoms in total. The average Bonchev–Trinajstić information content (AvgIpc) is 2.94. The first-order valence-electron chi connectivity index (χ1n) is 5.78. The molecule has 0 aliphatic rings. The predicted octanol–water partition coefficient (Wildman–Crippen LogP) is 0.752. The first-order valence-corrected chi connectivity index (χ1v) is 6.86. The minimum atomic E-state index is 0.602. The van der Waals surface area contributed by atoms with E-state index in [1.165, 1.54) is 0 Å². The van der Waals surface area contributed by atoms with Crippen LogP contribution >= 0.6 is 22.6 Å². The highest BCUT2D eigenvalue weighted by Crippen LogP contribution is 2.09. The van der Waals surface area contributed by atoms with E-state index in [0.29, 0.717) is 13.1 Å². The maximum Gasteiger partial charge on any atom is 0.177 e. The van der Waals surface area contributed by atoms with Gasteiger partial charge in [0.05, 0.1) is 15.8 Å². The van der Waals surface area contributed by atoms with Crippen LogP contribution < -0.4 is 5.32 Å². The van der Waals surface area contributed by atoms with Crippen LogP contribution in [0, 0.1) is 3.57 Å². The fourth-order valence-electron chi connectivity index (χ4n) is 1.82. The lowest BCUT2D eigenvalue weighted by molar-refractivity contribution is 0.622. The third-order valence-electron chi connectivity index (χ3n) is 2.67. The molecular weight excluding hydrogens is 357 g/mol. The number of halogens is 1. The zero-order valence-electron chi connectivity index (χ0n) is 10.3. The first kappa shape index (κ1) is 12.5. The van der Waals surface area contributed by atoms with Crippen LogP contribution in [0.25, 0.3) is 5.65 Å². The van der Waals surface area contributed by atoms with E-state index in [-0.39, 0.29) is 0 Å². The number of hydrogen-bond acceptors (Lipinski definition) is 5. The lowest BCUT2D eigenvalue weighted by atomic mass is 10.4. The molecular formula is C11H12IN7. The lowest BCUT2D eigenvalue weighted by Gasteiger charge is -2.01. The van der Waals surface area contributed by atoms with Crippen LogP contribution in [-0.2, 0) is 20.1 Å². The highest BCUT2D eigenvalue weighted by molar-refractivity contribution is 14.1. The molecule has 0 unspecified atom stereocenters. The number of nitrogens with zero attached hydrogens (tertiary/aromatic N) is 6. The molecule has 0 spiro atoms. The molecule has 0 amide bonds. The van der Waals surface area contributed by atoms with E-state index in [1.54, 1.807) is 10.7 Å². The van der Waals surface area contributed by atoms with Gasteiger partial charge in [0.2, 0.25) is 0 Å². The number of aromatic nitrogens is 6. The van der Waals surface area contributed by atoms with Gasteiger partial charge in [0.1, 0.15) is 0 Å². The lowest BCUT2D eigenvalue weighted by Crippen LogP contribution is -2.16. The molecule has 3 rings (SSSR count). The van der Waals surface area contributed by atoms with Gasteiger partial charge in [-0.2, -0.15) is 14.7 Å². The first-order chi connectivity index (χ1) is 9.24. The summed E-state index contributed by atoms with van der Waals surface area (Å²) < 4.78 is 4.69. The third-order valence-corrected chi connectivity index (χ3v) is 3.57. The highest BCUT2D eigenvalue weighted by Gasteiger charge is 2.07. The monoisotopic (exact) mass is 369 g/mol. The molecule has 3 aromatic heterocycles. The topological polar surface area (TPSA) is 72.9 Å². The summed E-state index contributed by atoms with van der Waals surface area (Å²) in [6.07, 6.45) is 3.72. The number of aryl methyl sites for hydroxylation is 1. The molecule has 19 heavy (non-hydrogen) atoms. The maximum atomic E-state index is 4.38. The SMILES string of the molecule is Cn1cc(I)c(CNCc2nnc3cccnn23)n1. The Balaban J connectivity index is 1.68. The van der Waals surface area contributed by atoms with Gasteiger partial charge in [0.15, 0.2) is 11.5 Å². The molecule has 0 saturated carbocycles. The van der Waals surface area contributed by atoms with Crippen molar-refractivity contribution in [2.24, 2.45) is 7.05 Å². The molecule has 0 atom stereocenters. The van der Waals surface area contributed by atoms with Crippen LogP contribution in [-0.4, -0.2) is 29.6 Å². The quantitative estimate of drug-likeness (QED) is 0.688. The Morgan fingerprint density at radius 3 is 3.00 bits per heavy atom. The van der Waals surface area contributed by atoms with Crippen molar-refractivity contribution in [1.29, 1.82) is 0 Å². The smallest absolute Gasteiger partial charge is 0.177 e. The van der Waals surface area contributed by atoms with Gasteiger partial charge in [-0.3, -0.25) is 4.68 Å². The largest absolute Gasteiger partial charge is 0.304 e. The van der Waals surface area contributed by atoms with Crippen LogP contribution in [0.4, 0.5) is 0 Å². The second-order valence-corrected chi connectivity index (χ2v) is 5.27. The standard InChI is InChI=1S/C11H12IN7/c1-18-7-8(12)9(17-18)5-13-6-11-16-15-10-3-2-4-14-19(10)11/h2-4,7,13H,5-6H2,1H3. The predicted molar refractivity (Wildman–Crippen MR) is 77.3 cm³/mol. The summed E-state index contributed by atoms with van der Waals surface area (Å²) in [5.41, 5.74) is 1.79. The fourth-order valence-corrected chi connectivity index (χ4v) is 2.52. The van der Waals surface area contributed by atoms with Crippen LogP contribution in [0.5, 0.6) is 0 Å². The van der Waals surface area contributed by atoms with Gasteiger partial charge in [-0.25, -0.2) is 0 Å². The summed E-state index contributed by atoms with van der Waals surface area (Å²) >= 11 is 2.28. The second-order valence-electron chi connectivity index (χ2n) is 4.11. The Hall–Kier alpha value is -1.55. The zero-order chi connectivity index (χ0) is 13.2. The van der Waals surface area contributed by atoms with Gasteiger partial charge < -0.3 is 5.32 Å². The minimum absolute atomic E-state index is 0.602. The molecule has 0 bridgehead atoms. The molecule has 8 heteroatoms. The van der Waals surface area contributed by atoms with Crippen molar-refractivity contribution in [2.45, 2.75) is 13.1 Å². The van der Waals surface area contributed by atoms with E-state index in [4.69, 9.17) is 0 Å². The van der Waals surface area contributed by atoms with Crippen molar-refractivity contribution in [1.82, 2.24) is 34.9 Å². The molecule has 0 aliphatic heterocycles.